The van der Waals surface area contributed by atoms with Crippen LogP contribution in [0.15, 0.2) is 16.7 Å². The molecule has 0 saturated carbocycles. The van der Waals surface area contributed by atoms with Gasteiger partial charge >= 0.3 is 0 Å². The fourth-order valence-electron chi connectivity index (χ4n) is 1.11. The number of nitrogens with one attached hydrogen (secondary N) is 1. The first kappa shape index (κ1) is 12.6. The number of halogens is 1. The highest BCUT2D eigenvalue weighted by Crippen LogP contribution is 2.20. The molecule has 1 unspecified atom stereocenters. The van der Waals surface area contributed by atoms with E-state index in [4.69, 9.17) is 5.73 Å². The largest absolute Gasteiger partial charge is 0.396 e. The predicted octanol–water partition coefficient (Wildman–Crippen LogP) is 2.98. The molecule has 15 heavy (non-hydrogen) atoms. The topological polar surface area (TPSA) is 50.9 Å². The van der Waals surface area contributed by atoms with Crippen molar-refractivity contribution in [2.75, 3.05) is 23.9 Å². The molecule has 3 N–H and O–H groups in total. The Morgan fingerprint density at radius 2 is 2.40 bits per heavy atom. The van der Waals surface area contributed by atoms with Crippen molar-refractivity contribution in [3.63, 3.8) is 0 Å². The molecule has 0 fully saturated rings. The molecule has 1 atom stereocenters. The van der Waals surface area contributed by atoms with Crippen LogP contribution in [0.4, 0.5) is 11.5 Å². The summed E-state index contributed by atoms with van der Waals surface area (Å²) in [4.78, 5) is 4.21. The molecule has 1 aromatic heterocycles. The SMILES string of the molecule is CSC(C)CCNc1ncc(Br)cc1N. The molecular weight excluding hydrogens is 274 g/mol. The van der Waals surface area contributed by atoms with Crippen molar-refractivity contribution >= 4 is 39.2 Å². The minimum atomic E-state index is 0.661. The Morgan fingerprint density at radius 1 is 1.67 bits per heavy atom. The number of hydrogen-bond donors (Lipinski definition) is 2. The zero-order chi connectivity index (χ0) is 11.3. The van der Waals surface area contributed by atoms with Gasteiger partial charge in [0.25, 0.3) is 0 Å². The fraction of sp³-hybridized carbons (Fsp3) is 0.500. The van der Waals surface area contributed by atoms with Crippen molar-refractivity contribution in [2.45, 2.75) is 18.6 Å². The van der Waals surface area contributed by atoms with E-state index < -0.39 is 0 Å². The van der Waals surface area contributed by atoms with E-state index in [1.54, 1.807) is 6.20 Å². The first-order valence-electron chi connectivity index (χ1n) is 4.81. The number of nitrogens with zero attached hydrogens (tertiary/aromatic N) is 1. The Labute approximate surface area is 103 Å². The van der Waals surface area contributed by atoms with Crippen LogP contribution < -0.4 is 11.1 Å². The zero-order valence-electron chi connectivity index (χ0n) is 8.96. The van der Waals surface area contributed by atoms with Gasteiger partial charge in [-0.25, -0.2) is 4.98 Å². The van der Waals surface area contributed by atoms with Crippen LogP contribution >= 0.6 is 27.7 Å². The van der Waals surface area contributed by atoms with Crippen LogP contribution in [0.5, 0.6) is 0 Å². The van der Waals surface area contributed by atoms with Gasteiger partial charge in [-0.1, -0.05) is 6.92 Å². The average molecular weight is 290 g/mol. The fourth-order valence-corrected chi connectivity index (χ4v) is 1.82. The van der Waals surface area contributed by atoms with Crippen molar-refractivity contribution in [3.05, 3.63) is 16.7 Å². The van der Waals surface area contributed by atoms with Gasteiger partial charge in [-0.05, 0) is 34.7 Å². The van der Waals surface area contributed by atoms with Crippen LogP contribution in [0.1, 0.15) is 13.3 Å². The van der Waals surface area contributed by atoms with Crippen LogP contribution in [0.3, 0.4) is 0 Å². The summed E-state index contributed by atoms with van der Waals surface area (Å²) in [5, 5.41) is 3.90. The molecule has 0 saturated heterocycles. The molecule has 0 aromatic carbocycles. The van der Waals surface area contributed by atoms with Gasteiger partial charge in [0, 0.05) is 22.5 Å². The number of thioether (sulfide) groups is 1. The monoisotopic (exact) mass is 289 g/mol. The molecule has 1 rings (SSSR count). The average Bonchev–Trinajstić information content (AvgIpc) is 2.21. The Hall–Kier alpha value is -0.420. The molecule has 0 aliphatic rings. The maximum absolute atomic E-state index is 5.81. The van der Waals surface area contributed by atoms with E-state index in [-0.39, 0.29) is 0 Å². The predicted molar refractivity (Wildman–Crippen MR) is 72.4 cm³/mol. The summed E-state index contributed by atoms with van der Waals surface area (Å²) >= 11 is 5.19. The molecule has 84 valence electrons. The van der Waals surface area contributed by atoms with Crippen molar-refractivity contribution < 1.29 is 0 Å². The number of pyridine rings is 1. The van der Waals surface area contributed by atoms with Gasteiger partial charge in [-0.3, -0.25) is 0 Å². The van der Waals surface area contributed by atoms with Crippen LogP contribution in [-0.4, -0.2) is 23.0 Å². The van der Waals surface area contributed by atoms with E-state index in [1.807, 2.05) is 17.8 Å². The van der Waals surface area contributed by atoms with Gasteiger partial charge in [0.15, 0.2) is 0 Å². The van der Waals surface area contributed by atoms with E-state index in [9.17, 15) is 0 Å². The van der Waals surface area contributed by atoms with E-state index >= 15 is 0 Å². The molecule has 5 heteroatoms. The number of aromatic nitrogens is 1. The van der Waals surface area contributed by atoms with Crippen LogP contribution in [0.25, 0.3) is 0 Å². The van der Waals surface area contributed by atoms with Gasteiger partial charge in [-0.2, -0.15) is 11.8 Å². The number of rotatable bonds is 5. The molecule has 0 amide bonds. The molecule has 0 spiro atoms. The van der Waals surface area contributed by atoms with E-state index in [2.05, 4.69) is 39.4 Å². The lowest BCUT2D eigenvalue weighted by Crippen LogP contribution is -2.10. The summed E-state index contributed by atoms with van der Waals surface area (Å²) in [6, 6.07) is 1.85. The van der Waals surface area contributed by atoms with Gasteiger partial charge < -0.3 is 11.1 Å². The summed E-state index contributed by atoms with van der Waals surface area (Å²) in [5.41, 5.74) is 6.49. The lowest BCUT2D eigenvalue weighted by Gasteiger charge is -2.11. The molecule has 1 heterocycles. The highest BCUT2D eigenvalue weighted by atomic mass is 79.9. The number of hydrogen-bond acceptors (Lipinski definition) is 4. The molecule has 3 nitrogen and oxygen atoms in total. The van der Waals surface area contributed by atoms with Crippen molar-refractivity contribution in [1.82, 2.24) is 4.98 Å². The van der Waals surface area contributed by atoms with E-state index in [0.717, 1.165) is 23.3 Å². The van der Waals surface area contributed by atoms with Crippen molar-refractivity contribution in [3.8, 4) is 0 Å². The normalized spacial score (nSPS) is 12.5. The summed E-state index contributed by atoms with van der Waals surface area (Å²) in [5.74, 6) is 0.770. The molecular formula is C10H16BrN3S. The Kier molecular flexibility index (Phi) is 5.25. The third-order valence-corrected chi connectivity index (χ3v) is 3.60. The lowest BCUT2D eigenvalue weighted by molar-refractivity contribution is 0.850. The van der Waals surface area contributed by atoms with Crippen LogP contribution in [0.2, 0.25) is 0 Å². The van der Waals surface area contributed by atoms with E-state index in [0.29, 0.717) is 10.9 Å². The number of nitrogens with two attached hydrogens (primary N) is 1. The maximum Gasteiger partial charge on any atom is 0.149 e. The van der Waals surface area contributed by atoms with Crippen LogP contribution in [-0.2, 0) is 0 Å². The lowest BCUT2D eigenvalue weighted by atomic mass is 10.3. The Morgan fingerprint density at radius 3 is 3.00 bits per heavy atom. The zero-order valence-corrected chi connectivity index (χ0v) is 11.4. The highest BCUT2D eigenvalue weighted by molar-refractivity contribution is 9.10. The second-order valence-electron chi connectivity index (χ2n) is 3.35. The van der Waals surface area contributed by atoms with Gasteiger partial charge in [0.1, 0.15) is 5.82 Å². The summed E-state index contributed by atoms with van der Waals surface area (Å²) in [6.45, 7) is 3.12. The summed E-state index contributed by atoms with van der Waals surface area (Å²) < 4.78 is 0.906. The van der Waals surface area contributed by atoms with E-state index in [1.165, 1.54) is 0 Å². The summed E-state index contributed by atoms with van der Waals surface area (Å²) in [6.07, 6.45) is 4.98. The maximum atomic E-state index is 5.81. The smallest absolute Gasteiger partial charge is 0.149 e. The van der Waals surface area contributed by atoms with Crippen LogP contribution in [0, 0.1) is 0 Å². The van der Waals surface area contributed by atoms with Gasteiger partial charge in [0.2, 0.25) is 0 Å². The second kappa shape index (κ2) is 6.23. The first-order chi connectivity index (χ1) is 7.13. The standard InChI is InChI=1S/C10H16BrN3S/c1-7(15-2)3-4-13-10-9(12)5-8(11)6-14-10/h5-7H,3-4,12H2,1-2H3,(H,13,14). The third kappa shape index (κ3) is 4.30. The molecule has 0 bridgehead atoms. The number of anilines is 2. The molecule has 0 radical (unpaired) electrons. The highest BCUT2D eigenvalue weighted by Gasteiger charge is 2.02. The van der Waals surface area contributed by atoms with Gasteiger partial charge in [-0.15, -0.1) is 0 Å². The van der Waals surface area contributed by atoms with Gasteiger partial charge in [0.05, 0.1) is 5.69 Å². The minimum Gasteiger partial charge on any atom is -0.396 e. The van der Waals surface area contributed by atoms with Crippen molar-refractivity contribution in [1.29, 1.82) is 0 Å². The third-order valence-electron chi connectivity index (χ3n) is 2.13. The molecule has 0 aliphatic heterocycles. The first-order valence-corrected chi connectivity index (χ1v) is 6.89. The molecule has 1 aromatic rings. The summed E-state index contributed by atoms with van der Waals surface area (Å²) in [7, 11) is 0. The minimum absolute atomic E-state index is 0.661. The van der Waals surface area contributed by atoms with Crippen molar-refractivity contribution in [2.24, 2.45) is 0 Å². The quantitative estimate of drug-likeness (QED) is 0.875. The Balaban J connectivity index is 2.44. The number of nitrogen functional groups attached to an aromatic ring is 1. The Bertz CT molecular complexity index is 320. The molecule has 0 aliphatic carbocycles. The second-order valence-corrected chi connectivity index (χ2v) is 5.54.